The van der Waals surface area contributed by atoms with Gasteiger partial charge in [-0.1, -0.05) is 26.8 Å². The molecule has 0 radical (unpaired) electrons. The molecule has 0 saturated heterocycles. The van der Waals surface area contributed by atoms with Crippen molar-refractivity contribution < 1.29 is 14.6 Å². The summed E-state index contributed by atoms with van der Waals surface area (Å²) in [5.74, 6) is 0.767. The van der Waals surface area contributed by atoms with Gasteiger partial charge in [0, 0.05) is 7.11 Å². The smallest absolute Gasteiger partial charge is 0.133 e. The molecule has 0 heterocycles. The zero-order chi connectivity index (χ0) is 14.5. The van der Waals surface area contributed by atoms with Crippen LogP contribution >= 0.6 is 15.9 Å². The molecule has 3 nitrogen and oxygen atoms in total. The van der Waals surface area contributed by atoms with Crippen molar-refractivity contribution in [2.24, 2.45) is 5.41 Å². The van der Waals surface area contributed by atoms with Gasteiger partial charge in [-0.3, -0.25) is 0 Å². The minimum atomic E-state index is -0.454. The Hall–Kier alpha value is -0.580. The van der Waals surface area contributed by atoms with Gasteiger partial charge in [0.15, 0.2) is 0 Å². The molecule has 0 bridgehead atoms. The second-order valence-electron chi connectivity index (χ2n) is 5.81. The van der Waals surface area contributed by atoms with Crippen molar-refractivity contribution in [3.05, 3.63) is 28.2 Å². The summed E-state index contributed by atoms with van der Waals surface area (Å²) >= 11 is 3.47. The van der Waals surface area contributed by atoms with E-state index < -0.39 is 6.10 Å². The molecule has 0 fully saturated rings. The Kier molecular flexibility index (Phi) is 6.30. The van der Waals surface area contributed by atoms with Gasteiger partial charge in [-0.25, -0.2) is 0 Å². The topological polar surface area (TPSA) is 38.7 Å². The van der Waals surface area contributed by atoms with Crippen LogP contribution in [0.25, 0.3) is 0 Å². The number of aliphatic hydroxyl groups is 1. The van der Waals surface area contributed by atoms with E-state index in [1.807, 2.05) is 18.2 Å². The van der Waals surface area contributed by atoms with E-state index in [1.54, 1.807) is 7.11 Å². The third-order valence-electron chi connectivity index (χ3n) is 2.69. The average molecular weight is 331 g/mol. The first-order valence-corrected chi connectivity index (χ1v) is 7.22. The number of ether oxygens (including phenoxy) is 2. The number of benzene rings is 1. The van der Waals surface area contributed by atoms with E-state index in [0.717, 1.165) is 22.2 Å². The molecule has 19 heavy (non-hydrogen) atoms. The van der Waals surface area contributed by atoms with Gasteiger partial charge in [0.05, 0.1) is 17.2 Å². The summed E-state index contributed by atoms with van der Waals surface area (Å²) in [6.45, 7) is 7.42. The van der Waals surface area contributed by atoms with Crippen LogP contribution in [0.3, 0.4) is 0 Å². The maximum absolute atomic E-state index is 10.2. The second-order valence-corrected chi connectivity index (χ2v) is 6.67. The number of aliphatic hydroxyl groups excluding tert-OH is 1. The van der Waals surface area contributed by atoms with Gasteiger partial charge in [0.25, 0.3) is 0 Å². The Bertz CT molecular complexity index is 399. The Morgan fingerprint density at radius 2 is 1.95 bits per heavy atom. The van der Waals surface area contributed by atoms with Gasteiger partial charge in [0.1, 0.15) is 12.4 Å². The Morgan fingerprint density at radius 3 is 2.47 bits per heavy atom. The van der Waals surface area contributed by atoms with Crippen molar-refractivity contribution >= 4 is 15.9 Å². The first-order chi connectivity index (χ1) is 8.83. The van der Waals surface area contributed by atoms with E-state index in [2.05, 4.69) is 36.7 Å². The lowest BCUT2D eigenvalue weighted by atomic mass is 9.87. The van der Waals surface area contributed by atoms with E-state index in [9.17, 15) is 5.11 Å². The third kappa shape index (κ3) is 5.93. The molecule has 1 unspecified atom stereocenters. The van der Waals surface area contributed by atoms with Gasteiger partial charge in [0.2, 0.25) is 0 Å². The van der Waals surface area contributed by atoms with Crippen molar-refractivity contribution in [3.63, 3.8) is 0 Å². The molecular weight excluding hydrogens is 308 g/mol. The molecule has 108 valence electrons. The molecule has 0 saturated carbocycles. The van der Waals surface area contributed by atoms with Gasteiger partial charge in [-0.2, -0.15) is 0 Å². The average Bonchev–Trinajstić information content (AvgIpc) is 2.29. The van der Waals surface area contributed by atoms with Crippen molar-refractivity contribution in [1.29, 1.82) is 0 Å². The standard InChI is InChI=1S/C15H23BrO3/c1-15(2,3)10-13(17)11-5-6-14(12(16)9-11)19-8-7-18-4/h5-6,9,13,17H,7-8,10H2,1-4H3. The predicted molar refractivity (Wildman–Crippen MR) is 80.5 cm³/mol. The van der Waals surface area contributed by atoms with Crippen LogP contribution in [0.15, 0.2) is 22.7 Å². The predicted octanol–water partition coefficient (Wildman–Crippen LogP) is 3.94. The van der Waals surface area contributed by atoms with Crippen molar-refractivity contribution in [2.45, 2.75) is 33.3 Å². The van der Waals surface area contributed by atoms with Crippen LogP contribution < -0.4 is 4.74 Å². The molecule has 1 aromatic carbocycles. The van der Waals surface area contributed by atoms with Crippen molar-refractivity contribution in [2.75, 3.05) is 20.3 Å². The highest BCUT2D eigenvalue weighted by atomic mass is 79.9. The molecule has 1 aromatic rings. The molecule has 1 atom stereocenters. The highest BCUT2D eigenvalue weighted by molar-refractivity contribution is 9.10. The molecule has 0 amide bonds. The summed E-state index contributed by atoms with van der Waals surface area (Å²) in [5, 5.41) is 10.2. The number of rotatable bonds is 6. The van der Waals surface area contributed by atoms with Gasteiger partial charge in [-0.05, 0) is 45.5 Å². The Balaban J connectivity index is 2.70. The molecule has 0 aromatic heterocycles. The summed E-state index contributed by atoms with van der Waals surface area (Å²) in [5.41, 5.74) is 1.00. The summed E-state index contributed by atoms with van der Waals surface area (Å²) in [4.78, 5) is 0. The van der Waals surface area contributed by atoms with Gasteiger partial charge < -0.3 is 14.6 Å². The molecule has 0 aliphatic rings. The molecular formula is C15H23BrO3. The quantitative estimate of drug-likeness (QED) is 0.803. The van der Waals surface area contributed by atoms with Crippen LogP contribution in [-0.4, -0.2) is 25.4 Å². The first-order valence-electron chi connectivity index (χ1n) is 6.43. The van der Waals surface area contributed by atoms with E-state index in [-0.39, 0.29) is 5.41 Å². The van der Waals surface area contributed by atoms with Crippen LogP contribution in [0.4, 0.5) is 0 Å². The third-order valence-corrected chi connectivity index (χ3v) is 3.31. The maximum atomic E-state index is 10.2. The molecule has 1 N–H and O–H groups in total. The van der Waals surface area contributed by atoms with Crippen molar-refractivity contribution in [3.8, 4) is 5.75 Å². The number of halogens is 1. The maximum Gasteiger partial charge on any atom is 0.133 e. The minimum Gasteiger partial charge on any atom is -0.490 e. The molecule has 0 spiro atoms. The fraction of sp³-hybridized carbons (Fsp3) is 0.600. The van der Waals surface area contributed by atoms with Crippen LogP contribution in [0, 0.1) is 5.41 Å². The van der Waals surface area contributed by atoms with E-state index >= 15 is 0 Å². The number of hydrogen-bond donors (Lipinski definition) is 1. The van der Waals surface area contributed by atoms with E-state index in [4.69, 9.17) is 9.47 Å². The second kappa shape index (κ2) is 7.27. The van der Waals surface area contributed by atoms with Crippen LogP contribution in [-0.2, 0) is 4.74 Å². The lowest BCUT2D eigenvalue weighted by Crippen LogP contribution is -2.11. The monoisotopic (exact) mass is 330 g/mol. The zero-order valence-electron chi connectivity index (χ0n) is 12.1. The fourth-order valence-electron chi connectivity index (χ4n) is 1.77. The molecule has 0 aliphatic heterocycles. The first kappa shape index (κ1) is 16.5. The molecule has 1 rings (SSSR count). The van der Waals surface area contributed by atoms with E-state index in [0.29, 0.717) is 13.2 Å². The summed E-state index contributed by atoms with van der Waals surface area (Å²) in [6.07, 6.45) is 0.271. The Labute approximate surface area is 124 Å². The molecule has 0 aliphatic carbocycles. The molecule has 4 heteroatoms. The normalized spacial score (nSPS) is 13.4. The lowest BCUT2D eigenvalue weighted by molar-refractivity contribution is 0.122. The summed E-state index contributed by atoms with van der Waals surface area (Å²) in [6, 6.07) is 5.70. The largest absolute Gasteiger partial charge is 0.490 e. The number of hydrogen-bond acceptors (Lipinski definition) is 3. The van der Waals surface area contributed by atoms with Crippen molar-refractivity contribution in [1.82, 2.24) is 0 Å². The van der Waals surface area contributed by atoms with Gasteiger partial charge >= 0.3 is 0 Å². The van der Waals surface area contributed by atoms with Crippen LogP contribution in [0.2, 0.25) is 0 Å². The number of methoxy groups -OCH3 is 1. The lowest BCUT2D eigenvalue weighted by Gasteiger charge is -2.23. The minimum absolute atomic E-state index is 0.0968. The summed E-state index contributed by atoms with van der Waals surface area (Å²) < 4.78 is 11.4. The fourth-order valence-corrected chi connectivity index (χ4v) is 2.29. The van der Waals surface area contributed by atoms with Gasteiger partial charge in [-0.15, -0.1) is 0 Å². The Morgan fingerprint density at radius 1 is 1.26 bits per heavy atom. The zero-order valence-corrected chi connectivity index (χ0v) is 13.7. The SMILES string of the molecule is COCCOc1ccc(C(O)CC(C)(C)C)cc1Br. The summed E-state index contributed by atoms with van der Waals surface area (Å²) in [7, 11) is 1.64. The van der Waals surface area contributed by atoms with Crippen LogP contribution in [0.5, 0.6) is 5.75 Å². The highest BCUT2D eigenvalue weighted by Crippen LogP contribution is 2.33. The van der Waals surface area contributed by atoms with Crippen LogP contribution in [0.1, 0.15) is 38.9 Å². The highest BCUT2D eigenvalue weighted by Gasteiger charge is 2.18. The van der Waals surface area contributed by atoms with E-state index in [1.165, 1.54) is 0 Å².